The molecule has 0 aliphatic carbocycles. The van der Waals surface area contributed by atoms with Gasteiger partial charge in [-0.25, -0.2) is 0 Å². The van der Waals surface area contributed by atoms with Crippen LogP contribution in [0.15, 0.2) is 47.1 Å². The highest BCUT2D eigenvalue weighted by Crippen LogP contribution is 2.24. The zero-order valence-corrected chi connectivity index (χ0v) is 11.6. The maximum absolute atomic E-state index is 12.3. The lowest BCUT2D eigenvalue weighted by molar-refractivity contribution is 0.0900. The summed E-state index contributed by atoms with van der Waals surface area (Å²) in [5.74, 6) is 0.101. The molecule has 2 heterocycles. The van der Waals surface area contributed by atoms with Crippen LogP contribution in [0, 0.1) is 5.92 Å². The molecule has 21 heavy (non-hydrogen) atoms. The van der Waals surface area contributed by atoms with E-state index >= 15 is 0 Å². The molecule has 1 fully saturated rings. The molecule has 0 bridgehead atoms. The maximum Gasteiger partial charge on any atom is 0.287 e. The smallest absolute Gasteiger partial charge is 0.287 e. The fourth-order valence-corrected chi connectivity index (χ4v) is 2.56. The highest BCUT2D eigenvalue weighted by Gasteiger charge is 2.26. The number of hydrogen-bond acceptors (Lipinski definition) is 4. The number of hydrogen-bond donors (Lipinski definition) is 3. The van der Waals surface area contributed by atoms with Gasteiger partial charge >= 0.3 is 0 Å². The second kappa shape index (κ2) is 6.11. The molecule has 2 atom stereocenters. The second-order valence-electron chi connectivity index (χ2n) is 5.23. The monoisotopic (exact) mass is 286 g/mol. The molecule has 3 rings (SSSR count). The zero-order chi connectivity index (χ0) is 14.7. The molecule has 1 amide bonds. The molecular weight excluding hydrogens is 268 g/mol. The third-order valence-corrected chi connectivity index (χ3v) is 3.79. The van der Waals surface area contributed by atoms with Gasteiger partial charge in [-0.15, -0.1) is 0 Å². The molecule has 2 aromatic rings. The third kappa shape index (κ3) is 2.99. The van der Waals surface area contributed by atoms with E-state index in [9.17, 15) is 9.90 Å². The maximum atomic E-state index is 12.3. The van der Waals surface area contributed by atoms with Crippen molar-refractivity contribution in [1.29, 1.82) is 0 Å². The normalized spacial score (nSPS) is 21.4. The summed E-state index contributed by atoms with van der Waals surface area (Å²) in [6.07, 6.45) is 1.11. The minimum atomic E-state index is -0.407. The number of benzene rings is 1. The van der Waals surface area contributed by atoms with Gasteiger partial charge in [0.2, 0.25) is 0 Å². The summed E-state index contributed by atoms with van der Waals surface area (Å²) in [5, 5.41) is 15.7. The summed E-state index contributed by atoms with van der Waals surface area (Å²) in [7, 11) is 0. The lowest BCUT2D eigenvalue weighted by Gasteiger charge is -2.13. The van der Waals surface area contributed by atoms with Crippen LogP contribution in [0.4, 0.5) is 0 Å². The highest BCUT2D eigenvalue weighted by molar-refractivity contribution is 5.98. The molecule has 1 aliphatic heterocycles. The summed E-state index contributed by atoms with van der Waals surface area (Å²) in [6, 6.07) is 11.4. The Morgan fingerprint density at radius 2 is 2.10 bits per heavy atom. The first-order chi connectivity index (χ1) is 10.3. The van der Waals surface area contributed by atoms with Crippen molar-refractivity contribution >= 4 is 5.91 Å². The van der Waals surface area contributed by atoms with Crippen LogP contribution in [-0.2, 0) is 0 Å². The van der Waals surface area contributed by atoms with E-state index in [0.29, 0.717) is 25.4 Å². The molecule has 0 spiro atoms. The lowest BCUT2D eigenvalue weighted by Crippen LogP contribution is -2.34. The van der Waals surface area contributed by atoms with Gasteiger partial charge in [0, 0.05) is 31.1 Å². The van der Waals surface area contributed by atoms with E-state index in [1.165, 1.54) is 6.26 Å². The van der Waals surface area contributed by atoms with Crippen molar-refractivity contribution in [3.63, 3.8) is 0 Å². The number of carbonyl (C=O) groups excluding carboxylic acids is 1. The van der Waals surface area contributed by atoms with E-state index in [2.05, 4.69) is 10.6 Å². The summed E-state index contributed by atoms with van der Waals surface area (Å²) >= 11 is 0. The van der Waals surface area contributed by atoms with Gasteiger partial charge in [-0.1, -0.05) is 30.3 Å². The number of amides is 1. The molecular formula is C16H18N2O3. The Morgan fingerprint density at radius 3 is 2.81 bits per heavy atom. The third-order valence-electron chi connectivity index (χ3n) is 3.79. The molecule has 3 N–H and O–H groups in total. The number of aliphatic hydroxyl groups is 1. The van der Waals surface area contributed by atoms with Gasteiger partial charge in [-0.05, 0) is 11.6 Å². The van der Waals surface area contributed by atoms with E-state index in [1.807, 2.05) is 30.3 Å². The van der Waals surface area contributed by atoms with Crippen LogP contribution in [0.5, 0.6) is 0 Å². The first-order valence-electron chi connectivity index (χ1n) is 7.05. The Bertz CT molecular complexity index is 609. The Balaban J connectivity index is 1.70. The lowest BCUT2D eigenvalue weighted by atomic mass is 10.1. The van der Waals surface area contributed by atoms with E-state index < -0.39 is 6.10 Å². The summed E-state index contributed by atoms with van der Waals surface area (Å²) in [6.45, 7) is 1.73. The van der Waals surface area contributed by atoms with E-state index in [0.717, 1.165) is 11.1 Å². The van der Waals surface area contributed by atoms with Crippen molar-refractivity contribution in [3.05, 3.63) is 48.4 Å². The molecule has 1 aromatic heterocycles. The Hall–Kier alpha value is -2.11. The summed E-state index contributed by atoms with van der Waals surface area (Å²) in [4.78, 5) is 12.3. The van der Waals surface area contributed by atoms with E-state index in [4.69, 9.17) is 4.42 Å². The molecule has 1 saturated heterocycles. The molecule has 0 radical (unpaired) electrons. The van der Waals surface area contributed by atoms with Crippen LogP contribution >= 0.6 is 0 Å². The number of nitrogens with one attached hydrogen (secondary N) is 2. The number of carbonyl (C=O) groups is 1. The first-order valence-corrected chi connectivity index (χ1v) is 7.05. The molecule has 0 saturated carbocycles. The van der Waals surface area contributed by atoms with Crippen molar-refractivity contribution < 1.29 is 14.3 Å². The van der Waals surface area contributed by atoms with E-state index in [-0.39, 0.29) is 11.8 Å². The van der Waals surface area contributed by atoms with Crippen LogP contribution < -0.4 is 10.6 Å². The zero-order valence-electron chi connectivity index (χ0n) is 11.6. The van der Waals surface area contributed by atoms with Gasteiger partial charge in [0.15, 0.2) is 5.76 Å². The van der Waals surface area contributed by atoms with Crippen LogP contribution in [0.2, 0.25) is 0 Å². The standard InChI is InChI=1S/C16H18N2O3/c19-14-10-17-8-12(14)9-18-16(20)15-13(6-7-21-15)11-4-2-1-3-5-11/h1-7,12,14,17,19H,8-10H2,(H,18,20). The average Bonchev–Trinajstić information content (AvgIpc) is 3.15. The van der Waals surface area contributed by atoms with Crippen LogP contribution in [0.25, 0.3) is 11.1 Å². The van der Waals surface area contributed by atoms with Gasteiger partial charge in [0.1, 0.15) is 0 Å². The van der Waals surface area contributed by atoms with E-state index in [1.54, 1.807) is 6.07 Å². The van der Waals surface area contributed by atoms with Crippen molar-refractivity contribution in [1.82, 2.24) is 10.6 Å². The molecule has 1 aromatic carbocycles. The van der Waals surface area contributed by atoms with Gasteiger partial charge in [0.05, 0.1) is 12.4 Å². The summed E-state index contributed by atoms with van der Waals surface area (Å²) in [5.41, 5.74) is 1.72. The topological polar surface area (TPSA) is 74.5 Å². The predicted octanol–water partition coefficient (Wildman–Crippen LogP) is 1.26. The van der Waals surface area contributed by atoms with Crippen LogP contribution in [-0.4, -0.2) is 36.8 Å². The average molecular weight is 286 g/mol. The second-order valence-corrected chi connectivity index (χ2v) is 5.23. The van der Waals surface area contributed by atoms with Crippen LogP contribution in [0.3, 0.4) is 0 Å². The number of β-amino-alcohol motifs (C(OH)–C–C–N with tert-alkyl or cyclic N) is 1. The fraction of sp³-hybridized carbons (Fsp3) is 0.312. The molecule has 1 aliphatic rings. The van der Waals surface area contributed by atoms with Crippen molar-refractivity contribution in [2.75, 3.05) is 19.6 Å². The molecule has 5 nitrogen and oxygen atoms in total. The largest absolute Gasteiger partial charge is 0.459 e. The van der Waals surface area contributed by atoms with Crippen LogP contribution in [0.1, 0.15) is 10.6 Å². The Morgan fingerprint density at radius 1 is 1.29 bits per heavy atom. The number of aliphatic hydroxyl groups excluding tert-OH is 1. The van der Waals surface area contributed by atoms with Crippen molar-refractivity contribution in [2.45, 2.75) is 6.10 Å². The SMILES string of the molecule is O=C(NCC1CNCC1O)c1occc1-c1ccccc1. The first kappa shape index (κ1) is 13.9. The van der Waals surface area contributed by atoms with Gasteiger partial charge in [-0.2, -0.15) is 0 Å². The fourth-order valence-electron chi connectivity index (χ4n) is 2.56. The van der Waals surface area contributed by atoms with Crippen molar-refractivity contribution in [3.8, 4) is 11.1 Å². The molecule has 5 heteroatoms. The minimum absolute atomic E-state index is 0.0455. The Labute approximate surface area is 123 Å². The molecule has 110 valence electrons. The molecule has 2 unspecified atom stereocenters. The number of furan rings is 1. The van der Waals surface area contributed by atoms with Crippen molar-refractivity contribution in [2.24, 2.45) is 5.92 Å². The predicted molar refractivity (Wildman–Crippen MR) is 78.8 cm³/mol. The number of rotatable bonds is 4. The summed E-state index contributed by atoms with van der Waals surface area (Å²) < 4.78 is 5.33. The van der Waals surface area contributed by atoms with Gasteiger partial charge in [0.25, 0.3) is 5.91 Å². The van der Waals surface area contributed by atoms with Gasteiger partial charge in [-0.3, -0.25) is 4.79 Å². The quantitative estimate of drug-likeness (QED) is 0.791. The Kier molecular flexibility index (Phi) is 4.03. The highest BCUT2D eigenvalue weighted by atomic mass is 16.3. The van der Waals surface area contributed by atoms with Gasteiger partial charge < -0.3 is 20.2 Å². The minimum Gasteiger partial charge on any atom is -0.459 e.